The summed E-state index contributed by atoms with van der Waals surface area (Å²) < 4.78 is 4.90. The fraction of sp³-hybridized carbons (Fsp3) is 0.400. The predicted octanol–water partition coefficient (Wildman–Crippen LogP) is 1.90. The Kier molecular flexibility index (Phi) is 7.14. The zero-order valence-electron chi connectivity index (χ0n) is 8.61. The van der Waals surface area contributed by atoms with Crippen molar-refractivity contribution in [2.75, 3.05) is 6.61 Å². The second-order valence-corrected chi connectivity index (χ2v) is 3.21. The Balaban J connectivity index is 0.000000583. The van der Waals surface area contributed by atoms with Crippen LogP contribution in [0.5, 0.6) is 0 Å². The van der Waals surface area contributed by atoms with Crippen molar-refractivity contribution < 1.29 is 19.1 Å². The minimum Gasteiger partial charge on any atom is -0.462 e. The van der Waals surface area contributed by atoms with Gasteiger partial charge in [-0.15, -0.1) is 0 Å². The van der Waals surface area contributed by atoms with Crippen molar-refractivity contribution >= 4 is 23.5 Å². The number of esters is 1. The van der Waals surface area contributed by atoms with Crippen LogP contribution in [0.1, 0.15) is 29.8 Å². The molecule has 0 aliphatic carbocycles. The van der Waals surface area contributed by atoms with E-state index in [1.807, 2.05) is 24.6 Å². The van der Waals surface area contributed by atoms with Crippen molar-refractivity contribution in [3.05, 3.63) is 21.9 Å². The van der Waals surface area contributed by atoms with Gasteiger partial charge in [-0.05, 0) is 24.3 Å². The molecule has 4 nitrogen and oxygen atoms in total. The van der Waals surface area contributed by atoms with Crippen LogP contribution in [0.3, 0.4) is 0 Å². The quantitative estimate of drug-likeness (QED) is 0.741. The van der Waals surface area contributed by atoms with Crippen molar-refractivity contribution in [3.63, 3.8) is 0 Å². The summed E-state index contributed by atoms with van der Waals surface area (Å²) in [7, 11) is 0. The van der Waals surface area contributed by atoms with E-state index in [4.69, 9.17) is 14.3 Å². The third-order valence-corrected chi connectivity index (χ3v) is 2.41. The Hall–Kier alpha value is -1.45. The topological polar surface area (TPSA) is 60.4 Å². The van der Waals surface area contributed by atoms with Gasteiger partial charge < -0.3 is 4.74 Å². The number of carbonyl (C=O) groups excluding carboxylic acids is 3. The minimum atomic E-state index is -0.199. The first-order chi connectivity index (χ1) is 7.21. The molecule has 0 aromatic carbocycles. The summed E-state index contributed by atoms with van der Waals surface area (Å²) in [5, 5.41) is 3.84. The molecular weight excluding hydrogens is 216 g/mol. The lowest BCUT2D eigenvalue weighted by Gasteiger charge is -2.00. The van der Waals surface area contributed by atoms with Crippen molar-refractivity contribution in [1.82, 2.24) is 0 Å². The number of aryl methyl sites for hydroxylation is 1. The van der Waals surface area contributed by atoms with Gasteiger partial charge in [-0.2, -0.15) is 20.9 Å². The van der Waals surface area contributed by atoms with E-state index in [-0.39, 0.29) is 12.1 Å². The van der Waals surface area contributed by atoms with Gasteiger partial charge in [0.2, 0.25) is 0 Å². The maximum Gasteiger partial charge on any atom is 0.373 e. The molecule has 0 unspecified atom stereocenters. The maximum absolute atomic E-state index is 11.3. The molecule has 1 aromatic rings. The van der Waals surface area contributed by atoms with Gasteiger partial charge in [0.15, 0.2) is 0 Å². The third kappa shape index (κ3) is 4.54. The van der Waals surface area contributed by atoms with Gasteiger partial charge in [0.05, 0.1) is 12.2 Å². The van der Waals surface area contributed by atoms with E-state index in [0.29, 0.717) is 6.61 Å². The Morgan fingerprint density at radius 1 is 1.40 bits per heavy atom. The SMILES string of the molecule is CCOC(=O)c1cscc1CC.O=C=O. The van der Waals surface area contributed by atoms with Crippen molar-refractivity contribution in [2.24, 2.45) is 0 Å². The first kappa shape index (κ1) is 13.5. The van der Waals surface area contributed by atoms with Gasteiger partial charge in [0, 0.05) is 5.38 Å². The van der Waals surface area contributed by atoms with Crippen LogP contribution in [0, 0.1) is 0 Å². The van der Waals surface area contributed by atoms with E-state index in [9.17, 15) is 4.79 Å². The summed E-state index contributed by atoms with van der Waals surface area (Å²) in [4.78, 5) is 27.5. The molecule has 0 radical (unpaired) electrons. The summed E-state index contributed by atoms with van der Waals surface area (Å²) in [5.74, 6) is -0.199. The van der Waals surface area contributed by atoms with Crippen LogP contribution < -0.4 is 0 Å². The number of hydrogen-bond acceptors (Lipinski definition) is 5. The van der Waals surface area contributed by atoms with Gasteiger partial charge in [-0.3, -0.25) is 0 Å². The normalized spacial score (nSPS) is 8.40. The minimum absolute atomic E-state index is 0.199. The molecule has 1 heterocycles. The Morgan fingerprint density at radius 2 is 2.00 bits per heavy atom. The fourth-order valence-corrected chi connectivity index (χ4v) is 1.89. The predicted molar refractivity (Wildman–Crippen MR) is 54.7 cm³/mol. The van der Waals surface area contributed by atoms with E-state index in [1.165, 1.54) is 0 Å². The highest BCUT2D eigenvalue weighted by Crippen LogP contribution is 2.16. The first-order valence-electron chi connectivity index (χ1n) is 4.42. The van der Waals surface area contributed by atoms with Crippen LogP contribution in [-0.4, -0.2) is 18.7 Å². The van der Waals surface area contributed by atoms with Crippen LogP contribution in [0.4, 0.5) is 0 Å². The molecule has 0 spiro atoms. The number of rotatable bonds is 3. The molecule has 1 rings (SSSR count). The van der Waals surface area contributed by atoms with Gasteiger partial charge in [-0.25, -0.2) is 4.79 Å². The molecule has 82 valence electrons. The van der Waals surface area contributed by atoms with Gasteiger partial charge in [0.1, 0.15) is 0 Å². The second-order valence-electron chi connectivity index (χ2n) is 2.47. The second kappa shape index (κ2) is 7.91. The molecule has 1 aromatic heterocycles. The van der Waals surface area contributed by atoms with Crippen LogP contribution in [0.25, 0.3) is 0 Å². The zero-order valence-corrected chi connectivity index (χ0v) is 9.43. The molecule has 0 fully saturated rings. The summed E-state index contributed by atoms with van der Waals surface area (Å²) in [5.41, 5.74) is 1.81. The average molecular weight is 228 g/mol. The monoisotopic (exact) mass is 228 g/mol. The lowest BCUT2D eigenvalue weighted by molar-refractivity contribution is -0.191. The summed E-state index contributed by atoms with van der Waals surface area (Å²) in [6, 6.07) is 0. The van der Waals surface area contributed by atoms with Crippen molar-refractivity contribution in [3.8, 4) is 0 Å². The third-order valence-electron chi connectivity index (χ3n) is 1.62. The molecule has 0 aliphatic rings. The lowest BCUT2D eigenvalue weighted by Crippen LogP contribution is -2.05. The highest BCUT2D eigenvalue weighted by Gasteiger charge is 2.11. The van der Waals surface area contributed by atoms with Crippen LogP contribution >= 0.6 is 11.3 Å². The number of ether oxygens (including phenoxy) is 1. The molecular formula is C10H12O4S. The standard InChI is InChI=1S/C9H12O2S.CO2/c1-3-7-5-12-6-8(7)9(10)11-4-2;2-1-3/h5-6H,3-4H2,1-2H3;. The Bertz CT molecular complexity index is 337. The van der Waals surface area contributed by atoms with E-state index in [2.05, 4.69) is 0 Å². The number of carbonyl (C=O) groups is 1. The zero-order chi connectivity index (χ0) is 11.7. The molecule has 0 bridgehead atoms. The van der Waals surface area contributed by atoms with Gasteiger partial charge in [-0.1, -0.05) is 6.92 Å². The number of hydrogen-bond donors (Lipinski definition) is 0. The average Bonchev–Trinajstić information content (AvgIpc) is 2.67. The molecule has 0 N–H and O–H groups in total. The van der Waals surface area contributed by atoms with Crippen LogP contribution in [0.2, 0.25) is 0 Å². The summed E-state index contributed by atoms with van der Waals surface area (Å²) in [6.45, 7) is 4.29. The van der Waals surface area contributed by atoms with E-state index in [1.54, 1.807) is 11.3 Å². The summed E-state index contributed by atoms with van der Waals surface area (Å²) in [6.07, 6.45) is 1.14. The molecule has 5 heteroatoms. The van der Waals surface area contributed by atoms with Crippen LogP contribution in [-0.2, 0) is 20.7 Å². The summed E-state index contributed by atoms with van der Waals surface area (Å²) >= 11 is 1.54. The van der Waals surface area contributed by atoms with E-state index in [0.717, 1.165) is 17.5 Å². The highest BCUT2D eigenvalue weighted by atomic mass is 32.1. The van der Waals surface area contributed by atoms with E-state index < -0.39 is 0 Å². The molecule has 0 amide bonds. The molecule has 0 saturated heterocycles. The largest absolute Gasteiger partial charge is 0.462 e. The van der Waals surface area contributed by atoms with Crippen LogP contribution in [0.15, 0.2) is 10.8 Å². The molecule has 0 aliphatic heterocycles. The smallest absolute Gasteiger partial charge is 0.373 e. The van der Waals surface area contributed by atoms with Crippen molar-refractivity contribution in [2.45, 2.75) is 20.3 Å². The lowest BCUT2D eigenvalue weighted by atomic mass is 10.1. The van der Waals surface area contributed by atoms with E-state index >= 15 is 0 Å². The maximum atomic E-state index is 11.3. The first-order valence-corrected chi connectivity index (χ1v) is 5.36. The highest BCUT2D eigenvalue weighted by molar-refractivity contribution is 7.08. The molecule has 15 heavy (non-hydrogen) atoms. The van der Waals surface area contributed by atoms with Gasteiger partial charge in [0.25, 0.3) is 0 Å². The number of thiophene rings is 1. The molecule has 0 atom stereocenters. The van der Waals surface area contributed by atoms with Gasteiger partial charge >= 0.3 is 12.1 Å². The fourth-order valence-electron chi connectivity index (χ4n) is 0.985. The Labute approximate surface area is 91.9 Å². The van der Waals surface area contributed by atoms with Crippen molar-refractivity contribution in [1.29, 1.82) is 0 Å². The molecule has 0 saturated carbocycles. The Morgan fingerprint density at radius 3 is 2.47 bits per heavy atom.